The number of esters is 1. The molecule has 16 heavy (non-hydrogen) atoms. The van der Waals surface area contributed by atoms with E-state index in [-0.39, 0.29) is 5.97 Å². The van der Waals surface area contributed by atoms with Crippen molar-refractivity contribution in [3.8, 4) is 0 Å². The van der Waals surface area contributed by atoms with Gasteiger partial charge in [-0.05, 0) is 24.6 Å². The lowest BCUT2D eigenvalue weighted by molar-refractivity contribution is 0.0526. The van der Waals surface area contributed by atoms with Crippen molar-refractivity contribution in [2.45, 2.75) is 18.2 Å². The molecule has 0 aliphatic heterocycles. The molecule has 0 radical (unpaired) electrons. The summed E-state index contributed by atoms with van der Waals surface area (Å²) >= 11 is 1.42. The predicted molar refractivity (Wildman–Crippen MR) is 65.9 cm³/mol. The Balaban J connectivity index is 2.67. The third-order valence-corrected chi connectivity index (χ3v) is 2.77. The molecule has 0 aliphatic rings. The summed E-state index contributed by atoms with van der Waals surface area (Å²) in [6.45, 7) is 2.16. The smallest absolute Gasteiger partial charge is 0.338 e. The highest BCUT2D eigenvalue weighted by molar-refractivity contribution is 7.99. The van der Waals surface area contributed by atoms with E-state index in [1.807, 2.05) is 12.1 Å². The molecular formula is C11H16N2O2S. The maximum Gasteiger partial charge on any atom is 0.338 e. The van der Waals surface area contributed by atoms with Crippen LogP contribution in [0.1, 0.15) is 22.8 Å². The van der Waals surface area contributed by atoms with Crippen LogP contribution in [-0.4, -0.2) is 18.1 Å². The molecule has 1 aromatic rings. The quantitative estimate of drug-likeness (QED) is 0.599. The van der Waals surface area contributed by atoms with Crippen molar-refractivity contribution in [2.75, 3.05) is 6.61 Å². The molecule has 0 amide bonds. The molecule has 5 heteroatoms. The predicted octanol–water partition coefficient (Wildman–Crippen LogP) is 1.30. The van der Waals surface area contributed by atoms with Gasteiger partial charge in [0.05, 0.1) is 12.2 Å². The van der Waals surface area contributed by atoms with Crippen LogP contribution in [0.25, 0.3) is 0 Å². The molecule has 0 unspecified atom stereocenters. The van der Waals surface area contributed by atoms with Crippen molar-refractivity contribution in [1.29, 1.82) is 0 Å². The second-order valence-electron chi connectivity index (χ2n) is 3.20. The van der Waals surface area contributed by atoms with Crippen LogP contribution in [0, 0.1) is 0 Å². The van der Waals surface area contributed by atoms with Crippen molar-refractivity contribution in [1.82, 2.24) is 0 Å². The van der Waals surface area contributed by atoms with Crippen LogP contribution in [0.5, 0.6) is 0 Å². The molecule has 4 nitrogen and oxygen atoms in total. The van der Waals surface area contributed by atoms with E-state index < -0.39 is 5.50 Å². The van der Waals surface area contributed by atoms with Gasteiger partial charge in [-0.3, -0.25) is 0 Å². The summed E-state index contributed by atoms with van der Waals surface area (Å²) in [5.41, 5.74) is 12.0. The Bertz CT molecular complexity index is 356. The Labute approximate surface area is 99.3 Å². The van der Waals surface area contributed by atoms with E-state index >= 15 is 0 Å². The van der Waals surface area contributed by atoms with Crippen LogP contribution in [0.3, 0.4) is 0 Å². The fourth-order valence-corrected chi connectivity index (χ4v) is 1.76. The fourth-order valence-electron chi connectivity index (χ4n) is 1.19. The first-order valence-electron chi connectivity index (χ1n) is 5.02. The first-order valence-corrected chi connectivity index (χ1v) is 6.07. The normalized spacial score (nSPS) is 10.5. The van der Waals surface area contributed by atoms with Gasteiger partial charge in [0.1, 0.15) is 5.50 Å². The van der Waals surface area contributed by atoms with E-state index in [4.69, 9.17) is 16.2 Å². The van der Waals surface area contributed by atoms with E-state index in [0.717, 1.165) is 5.56 Å². The molecule has 1 aromatic carbocycles. The van der Waals surface area contributed by atoms with Gasteiger partial charge in [-0.15, -0.1) is 11.8 Å². The third-order valence-electron chi connectivity index (χ3n) is 1.88. The molecule has 0 heterocycles. The van der Waals surface area contributed by atoms with Crippen molar-refractivity contribution in [2.24, 2.45) is 11.5 Å². The highest BCUT2D eigenvalue weighted by Crippen LogP contribution is 2.14. The average molecular weight is 240 g/mol. The third kappa shape index (κ3) is 4.22. The summed E-state index contributed by atoms with van der Waals surface area (Å²) in [5, 5.41) is 0. The molecule has 0 fully saturated rings. The topological polar surface area (TPSA) is 78.3 Å². The molecule has 0 aromatic heterocycles. The molecule has 4 N–H and O–H groups in total. The molecule has 1 rings (SSSR count). The summed E-state index contributed by atoms with van der Waals surface area (Å²) in [4.78, 5) is 11.5. The van der Waals surface area contributed by atoms with Crippen molar-refractivity contribution in [3.05, 3.63) is 35.4 Å². The first kappa shape index (κ1) is 13.0. The van der Waals surface area contributed by atoms with Crippen molar-refractivity contribution >= 4 is 17.7 Å². The van der Waals surface area contributed by atoms with Crippen LogP contribution < -0.4 is 11.5 Å². The zero-order chi connectivity index (χ0) is 12.0. The lowest BCUT2D eigenvalue weighted by Gasteiger charge is -2.06. The molecule has 0 spiro atoms. The van der Waals surface area contributed by atoms with Gasteiger partial charge in [-0.1, -0.05) is 12.1 Å². The van der Waals surface area contributed by atoms with Crippen LogP contribution in [0.15, 0.2) is 24.3 Å². The Morgan fingerprint density at radius 1 is 1.50 bits per heavy atom. The number of nitrogens with two attached hydrogens (primary N) is 2. The van der Waals surface area contributed by atoms with Gasteiger partial charge in [-0.25, -0.2) is 4.79 Å². The molecular weight excluding hydrogens is 224 g/mol. The number of ether oxygens (including phenoxy) is 1. The van der Waals surface area contributed by atoms with Crippen LogP contribution in [0.2, 0.25) is 0 Å². The Morgan fingerprint density at radius 3 is 2.88 bits per heavy atom. The largest absolute Gasteiger partial charge is 0.462 e. The first-order chi connectivity index (χ1) is 7.63. The highest BCUT2D eigenvalue weighted by Gasteiger charge is 2.06. The molecule has 0 bridgehead atoms. The Morgan fingerprint density at radius 2 is 2.25 bits per heavy atom. The Hall–Kier alpha value is -1.04. The van der Waals surface area contributed by atoms with Gasteiger partial charge in [-0.2, -0.15) is 0 Å². The molecule has 0 saturated heterocycles. The number of thioether (sulfide) groups is 1. The van der Waals surface area contributed by atoms with Gasteiger partial charge in [0.2, 0.25) is 0 Å². The number of benzene rings is 1. The second-order valence-corrected chi connectivity index (χ2v) is 4.36. The molecule has 0 atom stereocenters. The zero-order valence-electron chi connectivity index (χ0n) is 9.18. The highest BCUT2D eigenvalue weighted by atomic mass is 32.2. The lowest BCUT2D eigenvalue weighted by atomic mass is 10.1. The fraction of sp³-hybridized carbons (Fsp3) is 0.364. The van der Waals surface area contributed by atoms with Crippen LogP contribution in [-0.2, 0) is 10.5 Å². The van der Waals surface area contributed by atoms with Gasteiger partial charge in [0, 0.05) is 5.75 Å². The maximum absolute atomic E-state index is 11.5. The standard InChI is InChI=1S/C11H16N2O2S/c1-2-15-10(14)9-5-3-4-8(6-9)7-16-11(12)13/h3-6,11H,2,7,12-13H2,1H3. The second kappa shape index (κ2) is 6.52. The van der Waals surface area contributed by atoms with Crippen LogP contribution >= 0.6 is 11.8 Å². The monoisotopic (exact) mass is 240 g/mol. The summed E-state index contributed by atoms with van der Waals surface area (Å²) in [7, 11) is 0. The minimum absolute atomic E-state index is 0.300. The summed E-state index contributed by atoms with van der Waals surface area (Å²) < 4.78 is 4.91. The van der Waals surface area contributed by atoms with E-state index in [9.17, 15) is 4.79 Å². The van der Waals surface area contributed by atoms with Crippen molar-refractivity contribution in [3.63, 3.8) is 0 Å². The van der Waals surface area contributed by atoms with Gasteiger partial charge >= 0.3 is 5.97 Å². The summed E-state index contributed by atoms with van der Waals surface area (Å²) in [6.07, 6.45) is 0. The Kier molecular flexibility index (Phi) is 5.31. The SMILES string of the molecule is CCOC(=O)c1cccc(CSC(N)N)c1. The van der Waals surface area contributed by atoms with Gasteiger partial charge in [0.25, 0.3) is 0 Å². The average Bonchev–Trinajstić information content (AvgIpc) is 2.27. The van der Waals surface area contributed by atoms with E-state index in [1.165, 1.54) is 11.8 Å². The molecule has 88 valence electrons. The minimum atomic E-state index is -0.397. The van der Waals surface area contributed by atoms with Crippen LogP contribution in [0.4, 0.5) is 0 Å². The zero-order valence-corrected chi connectivity index (χ0v) is 10.00. The molecule has 0 aliphatic carbocycles. The molecule has 0 saturated carbocycles. The van der Waals surface area contributed by atoms with E-state index in [2.05, 4.69) is 0 Å². The van der Waals surface area contributed by atoms with E-state index in [0.29, 0.717) is 17.9 Å². The van der Waals surface area contributed by atoms with Gasteiger partial charge < -0.3 is 16.2 Å². The number of carbonyl (C=O) groups excluding carboxylic acids is 1. The minimum Gasteiger partial charge on any atom is -0.462 e. The maximum atomic E-state index is 11.5. The number of carbonyl (C=O) groups is 1. The van der Waals surface area contributed by atoms with Crippen molar-refractivity contribution < 1.29 is 9.53 Å². The number of hydrogen-bond acceptors (Lipinski definition) is 5. The summed E-state index contributed by atoms with van der Waals surface area (Å²) in [5.74, 6) is 0.386. The lowest BCUT2D eigenvalue weighted by Crippen LogP contribution is -2.26. The summed E-state index contributed by atoms with van der Waals surface area (Å²) in [6, 6.07) is 7.28. The van der Waals surface area contributed by atoms with E-state index in [1.54, 1.807) is 19.1 Å². The number of hydrogen-bond donors (Lipinski definition) is 2. The number of rotatable bonds is 5. The van der Waals surface area contributed by atoms with Gasteiger partial charge in [0.15, 0.2) is 0 Å².